The number of carboxylic acid groups (broad SMARTS) is 1. The summed E-state index contributed by atoms with van der Waals surface area (Å²) in [5.41, 5.74) is 0.413. The van der Waals surface area contributed by atoms with Gasteiger partial charge >= 0.3 is 5.97 Å². The molecule has 1 aromatic carbocycles. The molecule has 2 rings (SSSR count). The fourth-order valence-corrected chi connectivity index (χ4v) is 2.77. The topological polar surface area (TPSA) is 105 Å². The molecule has 0 aliphatic rings. The number of nitrogens with one attached hydrogen (secondary N) is 1. The van der Waals surface area contributed by atoms with Crippen LogP contribution in [0.3, 0.4) is 0 Å². The summed E-state index contributed by atoms with van der Waals surface area (Å²) in [5, 5.41) is 24.8. The molecule has 21 heavy (non-hydrogen) atoms. The maximum atomic E-state index is 10.9. The lowest BCUT2D eigenvalue weighted by Crippen LogP contribution is -2.07. The molecule has 0 radical (unpaired) electrons. The van der Waals surface area contributed by atoms with Crippen LogP contribution < -0.4 is 5.32 Å². The first-order valence-corrected chi connectivity index (χ1v) is 7.50. The van der Waals surface area contributed by atoms with E-state index in [0.717, 1.165) is 4.47 Å². The molecule has 1 heterocycles. The first kappa shape index (κ1) is 15.4. The number of benzene rings is 1. The van der Waals surface area contributed by atoms with Crippen molar-refractivity contribution >= 4 is 44.6 Å². The average molecular weight is 372 g/mol. The van der Waals surface area contributed by atoms with Gasteiger partial charge in [0.15, 0.2) is 5.69 Å². The van der Waals surface area contributed by atoms with Gasteiger partial charge in [0.25, 0.3) is 5.69 Å². The first-order valence-electron chi connectivity index (χ1n) is 5.83. The van der Waals surface area contributed by atoms with Crippen LogP contribution in [-0.4, -0.2) is 27.5 Å². The van der Waals surface area contributed by atoms with Gasteiger partial charge in [0.2, 0.25) is 0 Å². The Bertz CT molecular complexity index is 689. The molecule has 0 aliphatic carbocycles. The lowest BCUT2D eigenvalue weighted by atomic mass is 10.2. The molecular weight excluding hydrogens is 362 g/mol. The smallest absolute Gasteiger partial charge is 0.355 e. The number of anilines is 1. The number of thiazole rings is 1. The fourth-order valence-electron chi connectivity index (χ4n) is 1.64. The molecule has 2 N–H and O–H groups in total. The number of hydrogen-bond donors (Lipinski definition) is 2. The highest BCUT2D eigenvalue weighted by Crippen LogP contribution is 2.27. The molecule has 0 bridgehead atoms. The summed E-state index contributed by atoms with van der Waals surface area (Å²) in [6.07, 6.45) is 0.488. The third-order valence-electron chi connectivity index (χ3n) is 2.58. The monoisotopic (exact) mass is 371 g/mol. The fraction of sp³-hybridized carbons (Fsp3) is 0.167. The average Bonchev–Trinajstić information content (AvgIpc) is 2.87. The highest BCUT2D eigenvalue weighted by Gasteiger charge is 2.14. The summed E-state index contributed by atoms with van der Waals surface area (Å²) in [4.78, 5) is 25.1. The number of nitro benzene ring substituents is 1. The van der Waals surface area contributed by atoms with Crippen LogP contribution in [0, 0.1) is 10.1 Å². The molecule has 0 saturated heterocycles. The minimum atomic E-state index is -1.06. The Balaban J connectivity index is 2.01. The number of aromatic carboxylic acids is 1. The van der Waals surface area contributed by atoms with Crippen LogP contribution >= 0.6 is 27.3 Å². The lowest BCUT2D eigenvalue weighted by Gasteiger charge is -2.06. The van der Waals surface area contributed by atoms with Crippen LogP contribution in [0.25, 0.3) is 0 Å². The van der Waals surface area contributed by atoms with Crippen LogP contribution in [0.15, 0.2) is 28.1 Å². The van der Waals surface area contributed by atoms with Crippen LogP contribution in [0.2, 0.25) is 0 Å². The van der Waals surface area contributed by atoms with Gasteiger partial charge in [-0.05, 0) is 12.1 Å². The molecule has 0 amide bonds. The predicted octanol–water partition coefficient (Wildman–Crippen LogP) is 3.17. The van der Waals surface area contributed by atoms with Crippen LogP contribution in [-0.2, 0) is 6.42 Å². The Labute approximate surface area is 131 Å². The zero-order valence-electron chi connectivity index (χ0n) is 10.6. The maximum absolute atomic E-state index is 10.9. The first-order chi connectivity index (χ1) is 9.97. The summed E-state index contributed by atoms with van der Waals surface area (Å²) in [5.74, 6) is -1.06. The maximum Gasteiger partial charge on any atom is 0.355 e. The standard InChI is InChI=1S/C12H10BrN3O4S/c13-7-1-2-10(16(19)20)8(5-7)14-4-3-11-15-9(6-21-11)12(17)18/h1-2,5-6,14H,3-4H2,(H,17,18). The van der Waals surface area contributed by atoms with Crippen molar-refractivity contribution in [3.8, 4) is 0 Å². The van der Waals surface area contributed by atoms with Crippen LogP contribution in [0.4, 0.5) is 11.4 Å². The minimum absolute atomic E-state index is 0.0106. The number of carbonyl (C=O) groups is 1. The quantitative estimate of drug-likeness (QED) is 0.596. The largest absolute Gasteiger partial charge is 0.476 e. The molecule has 110 valence electrons. The molecule has 0 atom stereocenters. The number of aromatic nitrogens is 1. The van der Waals surface area contributed by atoms with Crippen molar-refractivity contribution in [2.45, 2.75) is 6.42 Å². The zero-order chi connectivity index (χ0) is 15.4. The molecule has 0 spiro atoms. The zero-order valence-corrected chi connectivity index (χ0v) is 13.0. The molecule has 2 aromatic rings. The molecular formula is C12H10BrN3O4S. The van der Waals surface area contributed by atoms with Crippen LogP contribution in [0.5, 0.6) is 0 Å². The Morgan fingerprint density at radius 2 is 2.29 bits per heavy atom. The van der Waals surface area contributed by atoms with Gasteiger partial charge in [-0.25, -0.2) is 9.78 Å². The van der Waals surface area contributed by atoms with Crippen LogP contribution in [0.1, 0.15) is 15.5 Å². The number of carboxylic acids is 1. The van der Waals surface area contributed by atoms with Gasteiger partial charge < -0.3 is 10.4 Å². The Morgan fingerprint density at radius 1 is 1.52 bits per heavy atom. The van der Waals surface area contributed by atoms with E-state index in [0.29, 0.717) is 23.7 Å². The van der Waals surface area contributed by atoms with E-state index in [-0.39, 0.29) is 11.4 Å². The van der Waals surface area contributed by atoms with Gasteiger partial charge in [-0.1, -0.05) is 15.9 Å². The van der Waals surface area contributed by atoms with Crippen molar-refractivity contribution in [2.24, 2.45) is 0 Å². The summed E-state index contributed by atoms with van der Waals surface area (Å²) < 4.78 is 0.734. The van der Waals surface area contributed by atoms with Gasteiger partial charge in [0.05, 0.1) is 9.93 Å². The van der Waals surface area contributed by atoms with Crippen molar-refractivity contribution in [2.75, 3.05) is 11.9 Å². The number of nitrogens with zero attached hydrogens (tertiary/aromatic N) is 2. The van der Waals surface area contributed by atoms with Gasteiger partial charge in [-0.15, -0.1) is 11.3 Å². The van der Waals surface area contributed by atoms with E-state index in [1.807, 2.05) is 0 Å². The Kier molecular flexibility index (Phi) is 4.86. The molecule has 9 heteroatoms. The van der Waals surface area contributed by atoms with Crippen molar-refractivity contribution < 1.29 is 14.8 Å². The number of rotatable bonds is 6. The Morgan fingerprint density at radius 3 is 2.90 bits per heavy atom. The van der Waals surface area contributed by atoms with E-state index in [2.05, 4.69) is 26.2 Å². The predicted molar refractivity (Wildman–Crippen MR) is 82.1 cm³/mol. The van der Waals surface area contributed by atoms with E-state index in [9.17, 15) is 14.9 Å². The SMILES string of the molecule is O=C(O)c1csc(CCNc2cc(Br)ccc2[N+](=O)[O-])n1. The van der Waals surface area contributed by atoms with E-state index in [4.69, 9.17) is 5.11 Å². The second-order valence-corrected chi connectivity index (χ2v) is 5.89. The minimum Gasteiger partial charge on any atom is -0.476 e. The summed E-state index contributed by atoms with van der Waals surface area (Å²) >= 11 is 4.51. The van der Waals surface area contributed by atoms with Crippen molar-refractivity contribution in [3.63, 3.8) is 0 Å². The Hall–Kier alpha value is -2.00. The van der Waals surface area contributed by atoms with E-state index in [1.54, 1.807) is 12.1 Å². The molecule has 0 saturated carbocycles. The van der Waals surface area contributed by atoms with Gasteiger partial charge in [-0.3, -0.25) is 10.1 Å². The van der Waals surface area contributed by atoms with Gasteiger partial charge in [0.1, 0.15) is 5.69 Å². The number of halogens is 1. The van der Waals surface area contributed by atoms with Gasteiger partial charge in [-0.2, -0.15) is 0 Å². The summed E-state index contributed by atoms with van der Waals surface area (Å²) in [7, 11) is 0. The van der Waals surface area contributed by atoms with Gasteiger partial charge in [0, 0.05) is 28.9 Å². The molecule has 7 nitrogen and oxygen atoms in total. The highest BCUT2D eigenvalue weighted by molar-refractivity contribution is 9.10. The van der Waals surface area contributed by atoms with E-state index < -0.39 is 10.9 Å². The third kappa shape index (κ3) is 3.99. The second-order valence-electron chi connectivity index (χ2n) is 4.03. The molecule has 0 unspecified atom stereocenters. The van der Waals surface area contributed by atoms with Crippen molar-refractivity contribution in [1.82, 2.24) is 4.98 Å². The summed E-state index contributed by atoms with van der Waals surface area (Å²) in [6.45, 7) is 0.421. The van der Waals surface area contributed by atoms with E-state index in [1.165, 1.54) is 22.8 Å². The number of nitro groups is 1. The van der Waals surface area contributed by atoms with Crippen molar-refractivity contribution in [1.29, 1.82) is 0 Å². The summed E-state index contributed by atoms with van der Waals surface area (Å²) in [6, 6.07) is 4.64. The number of hydrogen-bond acceptors (Lipinski definition) is 6. The van der Waals surface area contributed by atoms with Crippen molar-refractivity contribution in [3.05, 3.63) is 48.9 Å². The lowest BCUT2D eigenvalue weighted by molar-refractivity contribution is -0.384. The molecule has 0 fully saturated rings. The molecule has 0 aliphatic heterocycles. The highest BCUT2D eigenvalue weighted by atomic mass is 79.9. The second kappa shape index (κ2) is 6.64. The molecule has 1 aromatic heterocycles. The third-order valence-corrected chi connectivity index (χ3v) is 3.98. The van der Waals surface area contributed by atoms with E-state index >= 15 is 0 Å². The normalized spacial score (nSPS) is 10.3.